The molecule has 0 unspecified atom stereocenters. The number of imidazole rings is 1. The summed E-state index contributed by atoms with van der Waals surface area (Å²) in [6.07, 6.45) is 1.03. The maximum absolute atomic E-state index is 10.8. The van der Waals surface area contributed by atoms with E-state index < -0.39 is 0 Å². The fourth-order valence-electron chi connectivity index (χ4n) is 2.13. The van der Waals surface area contributed by atoms with Crippen molar-refractivity contribution >= 4 is 28.7 Å². The fraction of sp³-hybridized carbons (Fsp3) is 0.545. The Balaban J connectivity index is 2.36. The van der Waals surface area contributed by atoms with Crippen LogP contribution >= 0.6 is 11.6 Å². The number of hydrogen-bond acceptors (Lipinski definition) is 3. The molecule has 2 heterocycles. The van der Waals surface area contributed by atoms with Gasteiger partial charge in [-0.1, -0.05) is 0 Å². The van der Waals surface area contributed by atoms with Gasteiger partial charge in [-0.25, -0.2) is 4.98 Å². The van der Waals surface area contributed by atoms with Crippen molar-refractivity contribution in [2.45, 2.75) is 32.2 Å². The Bertz CT molecular complexity index is 586. The number of nitrogens with zero attached hydrogens (tertiary/aromatic N) is 4. The molecule has 0 aliphatic carbocycles. The van der Waals surface area contributed by atoms with Gasteiger partial charge in [-0.05, 0) is 13.3 Å². The Labute approximate surface area is 110 Å². The van der Waals surface area contributed by atoms with Crippen LogP contribution in [0.1, 0.15) is 24.4 Å². The number of primary amides is 1. The smallest absolute Gasteiger partial charge is 0.217 e. The maximum atomic E-state index is 10.8. The maximum Gasteiger partial charge on any atom is 0.217 e. The van der Waals surface area contributed by atoms with Crippen LogP contribution in [0.2, 0.25) is 0 Å². The summed E-state index contributed by atoms with van der Waals surface area (Å²) >= 11 is 5.90. The molecule has 2 N–H and O–H groups in total. The van der Waals surface area contributed by atoms with E-state index in [2.05, 4.69) is 10.1 Å². The summed E-state index contributed by atoms with van der Waals surface area (Å²) in [6.45, 7) is 2.58. The Morgan fingerprint density at radius 3 is 2.83 bits per heavy atom. The summed E-state index contributed by atoms with van der Waals surface area (Å²) in [7, 11) is 1.87. The number of aryl methyl sites for hydroxylation is 3. The van der Waals surface area contributed by atoms with E-state index in [1.54, 1.807) is 4.68 Å². The number of rotatable bonds is 5. The van der Waals surface area contributed by atoms with Crippen molar-refractivity contribution in [1.82, 2.24) is 19.3 Å². The van der Waals surface area contributed by atoms with Gasteiger partial charge in [0.2, 0.25) is 5.91 Å². The van der Waals surface area contributed by atoms with Crippen LogP contribution in [-0.4, -0.2) is 25.2 Å². The van der Waals surface area contributed by atoms with Gasteiger partial charge in [0.1, 0.15) is 11.3 Å². The van der Waals surface area contributed by atoms with Crippen molar-refractivity contribution in [2.75, 3.05) is 0 Å². The van der Waals surface area contributed by atoms with E-state index >= 15 is 0 Å². The molecule has 0 saturated heterocycles. The average Bonchev–Trinajstić information content (AvgIpc) is 2.79. The van der Waals surface area contributed by atoms with Gasteiger partial charge < -0.3 is 10.3 Å². The summed E-state index contributed by atoms with van der Waals surface area (Å²) in [5, 5.41) is 4.33. The van der Waals surface area contributed by atoms with Crippen LogP contribution in [0.15, 0.2) is 0 Å². The summed E-state index contributed by atoms with van der Waals surface area (Å²) in [4.78, 5) is 15.3. The monoisotopic (exact) mass is 269 g/mol. The van der Waals surface area contributed by atoms with Crippen LogP contribution in [0.4, 0.5) is 0 Å². The lowest BCUT2D eigenvalue weighted by atomic mass is 10.3. The number of fused-ring (bicyclic) bond motifs is 1. The molecule has 18 heavy (non-hydrogen) atoms. The normalized spacial score (nSPS) is 11.3. The van der Waals surface area contributed by atoms with Gasteiger partial charge in [-0.3, -0.25) is 9.48 Å². The summed E-state index contributed by atoms with van der Waals surface area (Å²) < 4.78 is 3.79. The van der Waals surface area contributed by atoms with Crippen LogP contribution in [-0.2, 0) is 24.3 Å². The minimum atomic E-state index is -0.292. The number of alkyl halides is 1. The van der Waals surface area contributed by atoms with Crippen LogP contribution in [0, 0.1) is 6.92 Å². The van der Waals surface area contributed by atoms with Crippen LogP contribution in [0.5, 0.6) is 0 Å². The van der Waals surface area contributed by atoms with E-state index in [0.29, 0.717) is 25.3 Å². The third-order valence-corrected chi connectivity index (χ3v) is 3.13. The predicted octanol–water partition coefficient (Wildman–Crippen LogP) is 1.08. The molecule has 6 nitrogen and oxygen atoms in total. The highest BCUT2D eigenvalue weighted by Crippen LogP contribution is 2.20. The molecule has 2 rings (SSSR count). The Morgan fingerprint density at radius 1 is 1.50 bits per heavy atom. The van der Waals surface area contributed by atoms with Gasteiger partial charge in [-0.2, -0.15) is 5.10 Å². The molecule has 1 amide bonds. The lowest BCUT2D eigenvalue weighted by Gasteiger charge is -2.07. The van der Waals surface area contributed by atoms with E-state index in [1.807, 2.05) is 18.5 Å². The van der Waals surface area contributed by atoms with Gasteiger partial charge in [0, 0.05) is 20.0 Å². The molecule has 0 atom stereocenters. The zero-order valence-corrected chi connectivity index (χ0v) is 11.2. The molecule has 0 fully saturated rings. The van der Waals surface area contributed by atoms with E-state index in [-0.39, 0.29) is 5.91 Å². The molecule has 0 aliphatic rings. The first-order valence-electron chi connectivity index (χ1n) is 5.77. The first kappa shape index (κ1) is 12.9. The fourth-order valence-corrected chi connectivity index (χ4v) is 2.33. The molecular weight excluding hydrogens is 254 g/mol. The molecule has 0 radical (unpaired) electrons. The van der Waals surface area contributed by atoms with Gasteiger partial charge in [0.25, 0.3) is 0 Å². The average molecular weight is 270 g/mol. The van der Waals surface area contributed by atoms with E-state index in [9.17, 15) is 4.79 Å². The Morgan fingerprint density at radius 2 is 2.22 bits per heavy atom. The van der Waals surface area contributed by atoms with Gasteiger partial charge in [0.15, 0.2) is 5.65 Å². The molecule has 2 aromatic heterocycles. The summed E-state index contributed by atoms with van der Waals surface area (Å²) in [6, 6.07) is 0. The highest BCUT2D eigenvalue weighted by atomic mass is 35.5. The third-order valence-electron chi connectivity index (χ3n) is 2.89. The quantitative estimate of drug-likeness (QED) is 0.825. The molecule has 7 heteroatoms. The minimum Gasteiger partial charge on any atom is -0.370 e. The second-order valence-corrected chi connectivity index (χ2v) is 4.53. The topological polar surface area (TPSA) is 78.7 Å². The highest BCUT2D eigenvalue weighted by molar-refractivity contribution is 6.16. The SMILES string of the molecule is Cc1nn(C)c2c1nc(CCl)n2CCCC(N)=O. The van der Waals surface area contributed by atoms with Crippen LogP contribution < -0.4 is 5.73 Å². The van der Waals surface area contributed by atoms with Gasteiger partial charge >= 0.3 is 0 Å². The largest absolute Gasteiger partial charge is 0.370 e. The number of aromatic nitrogens is 4. The first-order valence-corrected chi connectivity index (χ1v) is 6.31. The number of hydrogen-bond donors (Lipinski definition) is 1. The van der Waals surface area contributed by atoms with Crippen molar-refractivity contribution in [2.24, 2.45) is 12.8 Å². The number of nitrogens with two attached hydrogens (primary N) is 1. The first-order chi connectivity index (χ1) is 8.54. The third kappa shape index (κ3) is 2.20. The second-order valence-electron chi connectivity index (χ2n) is 4.26. The van der Waals surface area contributed by atoms with Crippen LogP contribution in [0.3, 0.4) is 0 Å². The van der Waals surface area contributed by atoms with Crippen molar-refractivity contribution in [3.63, 3.8) is 0 Å². The molecule has 0 aromatic carbocycles. The highest BCUT2D eigenvalue weighted by Gasteiger charge is 2.16. The number of carbonyl (C=O) groups excluding carboxylic acids is 1. The second kappa shape index (κ2) is 4.97. The van der Waals surface area contributed by atoms with E-state index in [1.165, 1.54) is 0 Å². The number of halogens is 1. The van der Waals surface area contributed by atoms with Gasteiger partial charge in [-0.15, -0.1) is 11.6 Å². The summed E-state index contributed by atoms with van der Waals surface area (Å²) in [5.74, 6) is 0.845. The Kier molecular flexibility index (Phi) is 3.56. The van der Waals surface area contributed by atoms with Crippen molar-refractivity contribution < 1.29 is 4.79 Å². The molecular formula is C11H16ClN5O. The molecule has 0 spiro atoms. The minimum absolute atomic E-state index is 0.292. The molecule has 0 aliphatic heterocycles. The Hall–Kier alpha value is -1.56. The standard InChI is InChI=1S/C11H16ClN5O/c1-7-10-11(16(2)15-7)17(9(6-12)14-10)5-3-4-8(13)18/h3-6H2,1-2H3,(H2,13,18). The van der Waals surface area contributed by atoms with Gasteiger partial charge in [0.05, 0.1) is 11.6 Å². The molecule has 0 bridgehead atoms. The molecule has 2 aromatic rings. The number of carbonyl (C=O) groups is 1. The molecule has 98 valence electrons. The number of amides is 1. The van der Waals surface area contributed by atoms with Crippen LogP contribution in [0.25, 0.3) is 11.2 Å². The van der Waals surface area contributed by atoms with E-state index in [0.717, 1.165) is 22.7 Å². The van der Waals surface area contributed by atoms with Crippen molar-refractivity contribution in [3.8, 4) is 0 Å². The van der Waals surface area contributed by atoms with Crippen molar-refractivity contribution in [3.05, 3.63) is 11.5 Å². The summed E-state index contributed by atoms with van der Waals surface area (Å²) in [5.41, 5.74) is 7.83. The molecule has 0 saturated carbocycles. The van der Waals surface area contributed by atoms with E-state index in [4.69, 9.17) is 17.3 Å². The van der Waals surface area contributed by atoms with Crippen molar-refractivity contribution in [1.29, 1.82) is 0 Å². The zero-order valence-electron chi connectivity index (χ0n) is 10.5. The lowest BCUT2D eigenvalue weighted by Crippen LogP contribution is -2.13. The predicted molar refractivity (Wildman–Crippen MR) is 69.2 cm³/mol. The lowest BCUT2D eigenvalue weighted by molar-refractivity contribution is -0.118. The zero-order chi connectivity index (χ0) is 13.3.